The molecule has 0 saturated heterocycles. The van der Waals surface area contributed by atoms with Gasteiger partial charge in [-0.25, -0.2) is 4.79 Å². The smallest absolute Gasteiger partial charge is 0.450 e. The molecule has 10 heavy (non-hydrogen) atoms. The van der Waals surface area contributed by atoms with Crippen molar-refractivity contribution in [3.63, 3.8) is 0 Å². The van der Waals surface area contributed by atoms with Gasteiger partial charge in [-0.15, -0.1) is 0 Å². The van der Waals surface area contributed by atoms with E-state index in [-0.39, 0.29) is 101 Å². The van der Waals surface area contributed by atoms with Gasteiger partial charge < -0.3 is 10.2 Å². The largest absolute Gasteiger partial charge is 0.503 e. The van der Waals surface area contributed by atoms with Crippen molar-refractivity contribution in [1.82, 2.24) is 0 Å². The molecule has 76 valence electrons. The van der Waals surface area contributed by atoms with Crippen LogP contribution in [0.1, 0.15) is 0 Å². The van der Waals surface area contributed by atoms with Crippen molar-refractivity contribution >= 4 is 6.16 Å². The molecule has 0 atom stereocenters. The number of rotatable bonds is 0. The van der Waals surface area contributed by atoms with Crippen molar-refractivity contribution in [3.8, 4) is 0 Å². The van der Waals surface area contributed by atoms with Crippen LogP contribution in [-0.2, 0) is 101 Å². The van der Waals surface area contributed by atoms with Gasteiger partial charge in [0, 0.05) is 101 Å². The molecule has 9 heteroatoms. The summed E-state index contributed by atoms with van der Waals surface area (Å²) in [5.74, 6) is 0. The first-order valence-corrected chi connectivity index (χ1v) is 0.651. The average molecular weight is 407 g/mol. The molecule has 0 aromatic carbocycles. The molecule has 0 aliphatic heterocycles. The Hall–Kier alpha value is 2.31. The van der Waals surface area contributed by atoms with Crippen molar-refractivity contribution < 1.29 is 116 Å². The number of hydrogen-bond acceptors (Lipinski definition) is 1. The third-order valence-electron chi connectivity index (χ3n) is 0. The van der Waals surface area contributed by atoms with Crippen LogP contribution in [-0.4, -0.2) is 16.4 Å². The Morgan fingerprint density at radius 3 is 0.900 bits per heavy atom. The van der Waals surface area contributed by atoms with E-state index < -0.39 is 6.16 Å². The Bertz CT molecular complexity index is 45.5. The van der Waals surface area contributed by atoms with Gasteiger partial charge >= 0.3 is 6.16 Å². The SMILES string of the molecule is O=C(O)O.[Co].[Co].[Mn].[Mn].[Ni].[Ni]. The van der Waals surface area contributed by atoms with Crippen LogP contribution in [0.3, 0.4) is 0 Å². The van der Waals surface area contributed by atoms with E-state index in [1.165, 1.54) is 0 Å². The molecule has 4 radical (unpaired) electrons. The van der Waals surface area contributed by atoms with E-state index in [1.54, 1.807) is 0 Å². The molecular formula is CH2Co2Mn2Ni2O3. The molecule has 0 saturated carbocycles. The van der Waals surface area contributed by atoms with Gasteiger partial charge in [-0.05, 0) is 0 Å². The first kappa shape index (κ1) is 55.9. The first-order chi connectivity index (χ1) is 1.73. The molecule has 2 N–H and O–H groups in total. The molecule has 0 bridgehead atoms. The van der Waals surface area contributed by atoms with Crippen LogP contribution >= 0.6 is 0 Å². The maximum absolute atomic E-state index is 8.56. The van der Waals surface area contributed by atoms with Crippen LogP contribution in [0.2, 0.25) is 0 Å². The summed E-state index contributed by atoms with van der Waals surface area (Å²) in [6.07, 6.45) is -1.83. The third-order valence-corrected chi connectivity index (χ3v) is 0. The predicted octanol–water partition coefficient (Wildman–Crippen LogP) is 0.207. The molecule has 0 rings (SSSR count). The van der Waals surface area contributed by atoms with Gasteiger partial charge in [0.2, 0.25) is 0 Å². The van der Waals surface area contributed by atoms with Gasteiger partial charge in [-0.2, -0.15) is 0 Å². The molecule has 0 aromatic heterocycles. The zero-order valence-electron chi connectivity index (χ0n) is 3.86. The Kier molecular flexibility index (Phi) is 238. The zero-order valence-corrected chi connectivity index (χ0v) is 10.3. The standard InChI is InChI=1S/CH2O3.2Co.2Mn.2Ni/c2-1(3)4;;;;;;/h(H2,2,3,4);;;;;;. The normalized spacial score (nSPS) is 2.40. The van der Waals surface area contributed by atoms with E-state index in [0.29, 0.717) is 0 Å². The van der Waals surface area contributed by atoms with Crippen LogP contribution in [0.5, 0.6) is 0 Å². The van der Waals surface area contributed by atoms with E-state index >= 15 is 0 Å². The van der Waals surface area contributed by atoms with Gasteiger partial charge in [0.05, 0.1) is 0 Å². The molecule has 0 aliphatic carbocycles. The Morgan fingerprint density at radius 1 is 0.900 bits per heavy atom. The number of carboxylic acid groups (broad SMARTS) is 2. The van der Waals surface area contributed by atoms with Crippen molar-refractivity contribution in [1.29, 1.82) is 0 Å². The van der Waals surface area contributed by atoms with Crippen molar-refractivity contribution in [2.75, 3.05) is 0 Å². The van der Waals surface area contributed by atoms with Gasteiger partial charge in [0.15, 0.2) is 0 Å². The van der Waals surface area contributed by atoms with E-state index in [2.05, 4.69) is 0 Å². The monoisotopic (exact) mass is 406 g/mol. The summed E-state index contributed by atoms with van der Waals surface area (Å²) in [5, 5.41) is 13.9. The summed E-state index contributed by atoms with van der Waals surface area (Å²) in [5.41, 5.74) is 0. The fraction of sp³-hybridized carbons (Fsp3) is 0. The second-order valence-corrected chi connectivity index (χ2v) is 0.283. The fourth-order valence-electron chi connectivity index (χ4n) is 0. The van der Waals surface area contributed by atoms with E-state index in [4.69, 9.17) is 15.0 Å². The molecular weight excluding hydrogens is 405 g/mol. The summed E-state index contributed by atoms with van der Waals surface area (Å²) < 4.78 is 0. The zero-order chi connectivity index (χ0) is 3.58. The average Bonchev–Trinajstić information content (AvgIpc) is 0.811. The van der Waals surface area contributed by atoms with Gasteiger partial charge in [0.1, 0.15) is 0 Å². The second-order valence-electron chi connectivity index (χ2n) is 0.283. The van der Waals surface area contributed by atoms with Crippen molar-refractivity contribution in [2.24, 2.45) is 0 Å². The fourth-order valence-corrected chi connectivity index (χ4v) is 0. The number of carbonyl (C=O) groups is 1. The summed E-state index contributed by atoms with van der Waals surface area (Å²) in [6, 6.07) is 0. The van der Waals surface area contributed by atoms with E-state index in [0.717, 1.165) is 0 Å². The van der Waals surface area contributed by atoms with Crippen LogP contribution in [0, 0.1) is 0 Å². The van der Waals surface area contributed by atoms with Gasteiger partial charge in [-0.1, -0.05) is 0 Å². The van der Waals surface area contributed by atoms with E-state index in [9.17, 15) is 0 Å². The minimum atomic E-state index is -1.83. The van der Waals surface area contributed by atoms with Crippen LogP contribution in [0.4, 0.5) is 4.79 Å². The maximum Gasteiger partial charge on any atom is 0.503 e. The van der Waals surface area contributed by atoms with Gasteiger partial charge in [-0.3, -0.25) is 0 Å². The second kappa shape index (κ2) is 42.6. The van der Waals surface area contributed by atoms with Crippen LogP contribution in [0.25, 0.3) is 0 Å². The Morgan fingerprint density at radius 2 is 0.900 bits per heavy atom. The minimum Gasteiger partial charge on any atom is -0.450 e. The van der Waals surface area contributed by atoms with Crippen molar-refractivity contribution in [2.45, 2.75) is 0 Å². The Balaban J connectivity index is -0.00000000300. The first-order valence-electron chi connectivity index (χ1n) is 0.651. The molecule has 3 nitrogen and oxygen atoms in total. The van der Waals surface area contributed by atoms with Crippen LogP contribution in [0.15, 0.2) is 0 Å². The quantitative estimate of drug-likeness (QED) is 0.565. The summed E-state index contributed by atoms with van der Waals surface area (Å²) in [7, 11) is 0. The molecule has 0 unspecified atom stereocenters. The predicted molar refractivity (Wildman–Crippen MR) is 10.7 cm³/mol. The number of hydrogen-bond donors (Lipinski definition) is 2. The topological polar surface area (TPSA) is 57.5 Å². The molecule has 0 spiro atoms. The summed E-state index contributed by atoms with van der Waals surface area (Å²) in [6.45, 7) is 0. The molecule has 0 heterocycles. The minimum absolute atomic E-state index is 0. The summed E-state index contributed by atoms with van der Waals surface area (Å²) in [4.78, 5) is 8.56. The van der Waals surface area contributed by atoms with E-state index in [1.807, 2.05) is 0 Å². The van der Waals surface area contributed by atoms with Crippen molar-refractivity contribution in [3.05, 3.63) is 0 Å². The summed E-state index contributed by atoms with van der Waals surface area (Å²) >= 11 is 0. The Labute approximate surface area is 120 Å². The molecule has 0 aromatic rings. The third kappa shape index (κ3) is 168. The van der Waals surface area contributed by atoms with Gasteiger partial charge in [0.25, 0.3) is 0 Å². The molecule has 0 amide bonds. The molecule has 0 aliphatic rings. The molecule has 0 fully saturated rings. The van der Waals surface area contributed by atoms with Crippen LogP contribution < -0.4 is 0 Å². The maximum atomic E-state index is 8.56.